The van der Waals surface area contributed by atoms with E-state index in [0.717, 1.165) is 12.1 Å². The summed E-state index contributed by atoms with van der Waals surface area (Å²) < 4.78 is 0. The summed E-state index contributed by atoms with van der Waals surface area (Å²) in [5.74, 6) is -0.125. The van der Waals surface area contributed by atoms with Gasteiger partial charge in [-0.25, -0.2) is 0 Å². The van der Waals surface area contributed by atoms with Gasteiger partial charge in [0.15, 0.2) is 0 Å². The van der Waals surface area contributed by atoms with Crippen LogP contribution in [0.25, 0.3) is 0 Å². The van der Waals surface area contributed by atoms with Crippen LogP contribution in [0, 0.1) is 5.92 Å². The Morgan fingerprint density at radius 1 is 1.32 bits per heavy atom. The van der Waals surface area contributed by atoms with Crippen LogP contribution in [0.4, 0.5) is 0 Å². The van der Waals surface area contributed by atoms with Gasteiger partial charge in [0, 0.05) is 0 Å². The Bertz CT molecular complexity index is 441. The van der Waals surface area contributed by atoms with E-state index < -0.39 is 12.0 Å². The summed E-state index contributed by atoms with van der Waals surface area (Å²) >= 11 is 0. The van der Waals surface area contributed by atoms with Crippen LogP contribution < -0.4 is 5.32 Å². The monoisotopic (exact) mass is 261 g/mol. The zero-order valence-electron chi connectivity index (χ0n) is 11.9. The summed E-state index contributed by atoms with van der Waals surface area (Å²) in [6.45, 7) is 7.27. The Morgan fingerprint density at radius 2 is 1.89 bits per heavy atom. The van der Waals surface area contributed by atoms with E-state index in [9.17, 15) is 9.90 Å². The molecule has 1 atom stereocenters. The van der Waals surface area contributed by atoms with Crippen molar-refractivity contribution in [3.05, 3.63) is 35.4 Å². The summed E-state index contributed by atoms with van der Waals surface area (Å²) in [6.07, 6.45) is 2.45. The number of carbonyl (C=O) groups is 1. The lowest BCUT2D eigenvalue weighted by Gasteiger charge is -2.20. The van der Waals surface area contributed by atoms with Gasteiger partial charge in [-0.05, 0) is 41.8 Å². The Kier molecular flexibility index (Phi) is 3.95. The summed E-state index contributed by atoms with van der Waals surface area (Å²) in [7, 11) is 0. The molecule has 3 heteroatoms. The molecule has 1 aromatic carbocycles. The topological polar surface area (TPSA) is 49.3 Å². The molecule has 1 fully saturated rings. The first-order chi connectivity index (χ1) is 8.88. The molecule has 1 aromatic rings. The van der Waals surface area contributed by atoms with Crippen molar-refractivity contribution < 1.29 is 9.90 Å². The third-order valence-electron chi connectivity index (χ3n) is 3.66. The first kappa shape index (κ1) is 14.1. The van der Waals surface area contributed by atoms with Gasteiger partial charge in [-0.3, -0.25) is 4.79 Å². The zero-order chi connectivity index (χ0) is 14.0. The zero-order valence-corrected chi connectivity index (χ0v) is 11.9. The number of nitrogens with one attached hydrogen (secondary N) is 1. The number of rotatable bonds is 5. The largest absolute Gasteiger partial charge is 0.480 e. The molecule has 2 rings (SSSR count). The Labute approximate surface area is 115 Å². The molecule has 0 aromatic heterocycles. The lowest BCUT2D eigenvalue weighted by atomic mass is 9.86. The van der Waals surface area contributed by atoms with Gasteiger partial charge in [-0.1, -0.05) is 45.0 Å². The Morgan fingerprint density at radius 3 is 2.32 bits per heavy atom. The predicted octanol–water partition coefficient (Wildman–Crippen LogP) is 3.11. The third kappa shape index (κ3) is 3.80. The van der Waals surface area contributed by atoms with Crippen molar-refractivity contribution in [1.82, 2.24) is 5.32 Å². The van der Waals surface area contributed by atoms with Crippen LogP contribution in [0.15, 0.2) is 24.3 Å². The first-order valence-corrected chi connectivity index (χ1v) is 6.94. The van der Waals surface area contributed by atoms with Crippen LogP contribution in [-0.2, 0) is 10.2 Å². The van der Waals surface area contributed by atoms with Crippen LogP contribution >= 0.6 is 0 Å². The minimum atomic E-state index is -0.802. The molecule has 104 valence electrons. The molecule has 0 saturated heterocycles. The SMILES string of the molecule is CC(C)(C)c1ccc(C(NCC2CC2)C(=O)O)cc1. The highest BCUT2D eigenvalue weighted by atomic mass is 16.4. The summed E-state index contributed by atoms with van der Waals surface area (Å²) in [4.78, 5) is 11.4. The fourth-order valence-electron chi connectivity index (χ4n) is 2.13. The molecule has 0 bridgehead atoms. The number of aliphatic carboxylic acids is 1. The second-order valence-electron chi connectivity index (χ2n) is 6.49. The van der Waals surface area contributed by atoms with Crippen molar-refractivity contribution in [3.8, 4) is 0 Å². The fourth-order valence-corrected chi connectivity index (χ4v) is 2.13. The molecule has 0 spiro atoms. The van der Waals surface area contributed by atoms with Crippen molar-refractivity contribution in [1.29, 1.82) is 0 Å². The minimum Gasteiger partial charge on any atom is -0.480 e. The number of hydrogen-bond acceptors (Lipinski definition) is 2. The summed E-state index contributed by atoms with van der Waals surface area (Å²) in [6, 6.07) is 7.33. The predicted molar refractivity (Wildman–Crippen MR) is 76.2 cm³/mol. The van der Waals surface area contributed by atoms with Crippen LogP contribution in [0.1, 0.15) is 50.8 Å². The van der Waals surface area contributed by atoms with Crippen LogP contribution in [0.5, 0.6) is 0 Å². The van der Waals surface area contributed by atoms with E-state index in [4.69, 9.17) is 0 Å². The molecule has 0 heterocycles. The third-order valence-corrected chi connectivity index (χ3v) is 3.66. The van der Waals surface area contributed by atoms with Crippen molar-refractivity contribution in [2.75, 3.05) is 6.54 Å². The van der Waals surface area contributed by atoms with Gasteiger partial charge in [0.2, 0.25) is 0 Å². The summed E-state index contributed by atoms with van der Waals surface area (Å²) in [5, 5.41) is 12.5. The van der Waals surface area contributed by atoms with E-state index in [0.29, 0.717) is 5.92 Å². The Balaban J connectivity index is 2.10. The number of carboxylic acid groups (broad SMARTS) is 1. The van der Waals surface area contributed by atoms with Crippen molar-refractivity contribution in [3.63, 3.8) is 0 Å². The second-order valence-corrected chi connectivity index (χ2v) is 6.49. The quantitative estimate of drug-likeness (QED) is 0.856. The molecule has 0 amide bonds. The van der Waals surface area contributed by atoms with Crippen LogP contribution in [-0.4, -0.2) is 17.6 Å². The molecular formula is C16H23NO2. The lowest BCUT2D eigenvalue weighted by Crippen LogP contribution is -2.30. The molecular weight excluding hydrogens is 238 g/mol. The molecule has 1 aliphatic rings. The molecule has 0 aliphatic heterocycles. The number of carboxylic acids is 1. The van der Waals surface area contributed by atoms with E-state index in [-0.39, 0.29) is 5.41 Å². The lowest BCUT2D eigenvalue weighted by molar-refractivity contribution is -0.139. The molecule has 2 N–H and O–H groups in total. The highest BCUT2D eigenvalue weighted by molar-refractivity contribution is 5.75. The van der Waals surface area contributed by atoms with Crippen molar-refractivity contribution in [2.24, 2.45) is 5.92 Å². The van der Waals surface area contributed by atoms with E-state index in [1.54, 1.807) is 0 Å². The summed E-state index contributed by atoms with van der Waals surface area (Å²) in [5.41, 5.74) is 2.15. The van der Waals surface area contributed by atoms with Crippen molar-refractivity contribution in [2.45, 2.75) is 45.1 Å². The van der Waals surface area contributed by atoms with E-state index >= 15 is 0 Å². The fraction of sp³-hybridized carbons (Fsp3) is 0.562. The standard InChI is InChI=1S/C16H23NO2/c1-16(2,3)13-8-6-12(7-9-13)14(15(18)19)17-10-11-4-5-11/h6-9,11,14,17H,4-5,10H2,1-3H3,(H,18,19). The second kappa shape index (κ2) is 5.33. The van der Waals surface area contributed by atoms with Gasteiger partial charge < -0.3 is 10.4 Å². The molecule has 19 heavy (non-hydrogen) atoms. The van der Waals surface area contributed by atoms with Crippen LogP contribution in [0.3, 0.4) is 0 Å². The Hall–Kier alpha value is -1.35. The normalized spacial score (nSPS) is 17.2. The van der Waals surface area contributed by atoms with Crippen LogP contribution in [0.2, 0.25) is 0 Å². The van der Waals surface area contributed by atoms with E-state index in [1.165, 1.54) is 18.4 Å². The minimum absolute atomic E-state index is 0.0959. The highest BCUT2D eigenvalue weighted by Gasteiger charge is 2.26. The molecule has 0 radical (unpaired) electrons. The molecule has 1 saturated carbocycles. The maximum Gasteiger partial charge on any atom is 0.325 e. The number of benzene rings is 1. The maximum absolute atomic E-state index is 11.4. The molecule has 1 unspecified atom stereocenters. The van der Waals surface area contributed by atoms with Gasteiger partial charge in [-0.2, -0.15) is 0 Å². The van der Waals surface area contributed by atoms with Gasteiger partial charge in [-0.15, -0.1) is 0 Å². The van der Waals surface area contributed by atoms with E-state index in [2.05, 4.69) is 26.1 Å². The smallest absolute Gasteiger partial charge is 0.325 e. The first-order valence-electron chi connectivity index (χ1n) is 6.94. The average molecular weight is 261 g/mol. The van der Waals surface area contributed by atoms with Gasteiger partial charge in [0.05, 0.1) is 0 Å². The van der Waals surface area contributed by atoms with Gasteiger partial charge >= 0.3 is 5.97 Å². The number of hydrogen-bond donors (Lipinski definition) is 2. The average Bonchev–Trinajstić information content (AvgIpc) is 3.12. The van der Waals surface area contributed by atoms with E-state index in [1.807, 2.05) is 24.3 Å². The van der Waals surface area contributed by atoms with Crippen molar-refractivity contribution >= 4 is 5.97 Å². The maximum atomic E-state index is 11.4. The van der Waals surface area contributed by atoms with Gasteiger partial charge in [0.1, 0.15) is 6.04 Å². The molecule has 3 nitrogen and oxygen atoms in total. The van der Waals surface area contributed by atoms with Gasteiger partial charge in [0.25, 0.3) is 0 Å². The highest BCUT2D eigenvalue weighted by Crippen LogP contribution is 2.29. The molecule has 1 aliphatic carbocycles.